The molecule has 1 aliphatic rings. The van der Waals surface area contributed by atoms with Crippen molar-refractivity contribution in [2.24, 2.45) is 0 Å². The number of thioether (sulfide) groups is 1. The first-order valence-corrected chi connectivity index (χ1v) is 6.34. The number of aryl methyl sites for hydroxylation is 1. The number of nitrogens with one attached hydrogen (secondary N) is 1. The Kier molecular flexibility index (Phi) is 3.67. The van der Waals surface area contributed by atoms with Crippen LogP contribution in [0, 0.1) is 0 Å². The molecule has 0 bridgehead atoms. The summed E-state index contributed by atoms with van der Waals surface area (Å²) in [6.07, 6.45) is 2.11. The highest BCUT2D eigenvalue weighted by atomic mass is 32.2. The van der Waals surface area contributed by atoms with E-state index < -0.39 is 0 Å². The van der Waals surface area contributed by atoms with Gasteiger partial charge >= 0.3 is 0 Å². The largest absolute Gasteiger partial charge is 0.395 e. The van der Waals surface area contributed by atoms with Gasteiger partial charge in [0.15, 0.2) is 0 Å². The summed E-state index contributed by atoms with van der Waals surface area (Å²) in [6.45, 7) is 0.195. The highest BCUT2D eigenvalue weighted by molar-refractivity contribution is 7.99. The van der Waals surface area contributed by atoms with Crippen molar-refractivity contribution in [2.75, 3.05) is 19.4 Å². The first-order valence-electron chi connectivity index (χ1n) is 5.36. The third-order valence-electron chi connectivity index (χ3n) is 2.87. The lowest BCUT2D eigenvalue weighted by Gasteiger charge is -2.13. The summed E-state index contributed by atoms with van der Waals surface area (Å²) < 4.78 is 0. The van der Waals surface area contributed by atoms with Gasteiger partial charge in [-0.25, -0.2) is 0 Å². The van der Waals surface area contributed by atoms with Crippen LogP contribution in [0.2, 0.25) is 0 Å². The lowest BCUT2D eigenvalue weighted by Crippen LogP contribution is -2.31. The molecule has 0 aliphatic carbocycles. The second kappa shape index (κ2) is 5.01. The fourth-order valence-corrected chi connectivity index (χ4v) is 3.01. The fourth-order valence-electron chi connectivity index (χ4n) is 1.88. The predicted octanol–water partition coefficient (Wildman–Crippen LogP) is 1.46. The van der Waals surface area contributed by atoms with Gasteiger partial charge < -0.3 is 10.4 Å². The molecule has 2 N–H and O–H groups in total. The van der Waals surface area contributed by atoms with E-state index in [2.05, 4.69) is 23.5 Å². The first kappa shape index (κ1) is 11.0. The molecule has 0 saturated carbocycles. The molecular formula is C12H17NOS. The van der Waals surface area contributed by atoms with Crippen LogP contribution in [0.4, 0.5) is 0 Å². The molecule has 15 heavy (non-hydrogen) atoms. The zero-order chi connectivity index (χ0) is 10.7. The van der Waals surface area contributed by atoms with E-state index in [1.54, 1.807) is 0 Å². The first-order chi connectivity index (χ1) is 7.33. The van der Waals surface area contributed by atoms with E-state index >= 15 is 0 Å². The average Bonchev–Trinajstić information content (AvgIpc) is 2.73. The maximum Gasteiger partial charge on any atom is 0.0587 e. The smallest absolute Gasteiger partial charge is 0.0587 e. The summed E-state index contributed by atoms with van der Waals surface area (Å²) in [5.74, 6) is 1.22. The fraction of sp³-hybridized carbons (Fsp3) is 0.500. The van der Waals surface area contributed by atoms with Gasteiger partial charge in [-0.2, -0.15) is 0 Å². The van der Waals surface area contributed by atoms with Crippen molar-refractivity contribution in [3.05, 3.63) is 29.3 Å². The third-order valence-corrected chi connectivity index (χ3v) is 3.97. The van der Waals surface area contributed by atoms with Gasteiger partial charge in [0.05, 0.1) is 6.61 Å². The molecule has 0 aromatic heterocycles. The van der Waals surface area contributed by atoms with Gasteiger partial charge in [-0.3, -0.25) is 0 Å². The van der Waals surface area contributed by atoms with Crippen LogP contribution in [0.5, 0.6) is 0 Å². The molecule has 0 amide bonds. The maximum absolute atomic E-state index is 9.11. The Morgan fingerprint density at radius 1 is 1.53 bits per heavy atom. The predicted molar refractivity (Wildman–Crippen MR) is 64.5 cm³/mol. The summed E-state index contributed by atoms with van der Waals surface area (Å²) in [4.78, 5) is 1.43. The third kappa shape index (κ3) is 2.54. The van der Waals surface area contributed by atoms with Gasteiger partial charge in [0.2, 0.25) is 0 Å². The number of likely N-dealkylation sites (N-methyl/N-ethyl adjacent to an activating group) is 1. The Labute approximate surface area is 95.1 Å². The molecule has 1 heterocycles. The van der Waals surface area contributed by atoms with Crippen LogP contribution in [0.1, 0.15) is 11.1 Å². The SMILES string of the molecule is CNC(CO)Cc1ccc2c(c1)SCC2. The van der Waals surface area contributed by atoms with Crippen LogP contribution in [0.25, 0.3) is 0 Å². The summed E-state index contributed by atoms with van der Waals surface area (Å²) >= 11 is 1.94. The van der Waals surface area contributed by atoms with Crippen molar-refractivity contribution in [3.8, 4) is 0 Å². The van der Waals surface area contributed by atoms with Crippen molar-refractivity contribution in [3.63, 3.8) is 0 Å². The average molecular weight is 223 g/mol. The highest BCUT2D eigenvalue weighted by Crippen LogP contribution is 2.31. The summed E-state index contributed by atoms with van der Waals surface area (Å²) in [5.41, 5.74) is 2.80. The molecule has 2 rings (SSSR count). The molecule has 1 aromatic carbocycles. The number of hydrogen-bond acceptors (Lipinski definition) is 3. The van der Waals surface area contributed by atoms with Crippen molar-refractivity contribution in [1.82, 2.24) is 5.32 Å². The Hall–Kier alpha value is -0.510. The van der Waals surface area contributed by atoms with Gasteiger partial charge in [-0.1, -0.05) is 12.1 Å². The van der Waals surface area contributed by atoms with E-state index in [0.29, 0.717) is 0 Å². The molecule has 2 nitrogen and oxygen atoms in total. The lowest BCUT2D eigenvalue weighted by atomic mass is 10.0. The number of aliphatic hydroxyl groups is 1. The monoisotopic (exact) mass is 223 g/mol. The molecule has 82 valence electrons. The molecule has 0 saturated heterocycles. The molecule has 3 heteroatoms. The van der Waals surface area contributed by atoms with Crippen LogP contribution in [-0.2, 0) is 12.8 Å². The molecule has 0 fully saturated rings. The number of fused-ring (bicyclic) bond motifs is 1. The zero-order valence-electron chi connectivity index (χ0n) is 8.99. The molecule has 0 spiro atoms. The van der Waals surface area contributed by atoms with Gasteiger partial charge in [0, 0.05) is 16.7 Å². The van der Waals surface area contributed by atoms with Gasteiger partial charge in [0.1, 0.15) is 0 Å². The Morgan fingerprint density at radius 2 is 2.40 bits per heavy atom. The van der Waals surface area contributed by atoms with Crippen molar-refractivity contribution >= 4 is 11.8 Å². The van der Waals surface area contributed by atoms with E-state index in [9.17, 15) is 0 Å². The molecule has 1 unspecified atom stereocenters. The summed E-state index contributed by atoms with van der Waals surface area (Å²) in [6, 6.07) is 6.86. The summed E-state index contributed by atoms with van der Waals surface area (Å²) in [7, 11) is 1.89. The van der Waals surface area contributed by atoms with Crippen LogP contribution in [0.3, 0.4) is 0 Å². The Balaban J connectivity index is 2.09. The zero-order valence-corrected chi connectivity index (χ0v) is 9.81. The maximum atomic E-state index is 9.11. The molecule has 1 aromatic rings. The van der Waals surface area contributed by atoms with Crippen LogP contribution in [0.15, 0.2) is 23.1 Å². The van der Waals surface area contributed by atoms with E-state index in [4.69, 9.17) is 5.11 Å². The van der Waals surface area contributed by atoms with Crippen LogP contribution in [-0.4, -0.2) is 30.6 Å². The van der Waals surface area contributed by atoms with Gasteiger partial charge in [-0.15, -0.1) is 11.8 Å². The normalized spacial score (nSPS) is 16.4. The van der Waals surface area contributed by atoms with E-state index in [0.717, 1.165) is 6.42 Å². The summed E-state index contributed by atoms with van der Waals surface area (Å²) in [5, 5.41) is 12.2. The van der Waals surface area contributed by atoms with E-state index in [-0.39, 0.29) is 12.6 Å². The van der Waals surface area contributed by atoms with E-state index in [1.807, 2.05) is 18.8 Å². The lowest BCUT2D eigenvalue weighted by molar-refractivity contribution is 0.248. The second-order valence-corrected chi connectivity index (χ2v) is 5.05. The van der Waals surface area contributed by atoms with Crippen molar-refractivity contribution in [1.29, 1.82) is 0 Å². The molecule has 0 radical (unpaired) electrons. The van der Waals surface area contributed by atoms with Gasteiger partial charge in [0.25, 0.3) is 0 Å². The Morgan fingerprint density at radius 3 is 3.13 bits per heavy atom. The second-order valence-electron chi connectivity index (χ2n) is 3.91. The van der Waals surface area contributed by atoms with Crippen LogP contribution < -0.4 is 5.32 Å². The van der Waals surface area contributed by atoms with Crippen molar-refractivity contribution in [2.45, 2.75) is 23.8 Å². The standard InChI is InChI=1S/C12H17NOS/c1-13-11(8-14)6-9-2-3-10-4-5-15-12(10)7-9/h2-3,7,11,13-14H,4-6,8H2,1H3. The minimum absolute atomic E-state index is 0.175. The molecule has 1 atom stereocenters. The highest BCUT2D eigenvalue weighted by Gasteiger charge is 2.12. The number of hydrogen-bond donors (Lipinski definition) is 2. The Bertz CT molecular complexity index is 336. The minimum atomic E-state index is 0.175. The van der Waals surface area contributed by atoms with Crippen LogP contribution >= 0.6 is 11.8 Å². The number of aliphatic hydroxyl groups excluding tert-OH is 1. The molecule has 1 aliphatic heterocycles. The van der Waals surface area contributed by atoms with Gasteiger partial charge in [-0.05, 0) is 37.1 Å². The topological polar surface area (TPSA) is 32.3 Å². The van der Waals surface area contributed by atoms with Crippen molar-refractivity contribution < 1.29 is 5.11 Å². The molecular weight excluding hydrogens is 206 g/mol. The quantitative estimate of drug-likeness (QED) is 0.810. The number of rotatable bonds is 4. The van der Waals surface area contributed by atoms with E-state index in [1.165, 1.54) is 28.2 Å². The minimum Gasteiger partial charge on any atom is -0.395 e. The number of benzene rings is 1.